The molecule has 0 aliphatic carbocycles. The molecule has 0 amide bonds. The second-order valence-electron chi connectivity index (χ2n) is 6.09. The number of halogens is 1. The van der Waals surface area contributed by atoms with Gasteiger partial charge in [-0.2, -0.15) is 0 Å². The summed E-state index contributed by atoms with van der Waals surface area (Å²) < 4.78 is 0. The normalized spacial score (nSPS) is 15.7. The minimum absolute atomic E-state index is 0.815. The van der Waals surface area contributed by atoms with Crippen molar-refractivity contribution in [3.63, 3.8) is 0 Å². The van der Waals surface area contributed by atoms with Crippen LogP contribution in [0.2, 0.25) is 5.02 Å². The Morgan fingerprint density at radius 3 is 2.59 bits per heavy atom. The first-order valence-corrected chi connectivity index (χ1v) is 8.18. The molecule has 0 radical (unpaired) electrons. The Balaban J connectivity index is 1.97. The molecule has 2 heterocycles. The molecule has 0 atom stereocenters. The van der Waals surface area contributed by atoms with Gasteiger partial charge < -0.3 is 9.88 Å². The molecule has 0 fully saturated rings. The van der Waals surface area contributed by atoms with Crippen molar-refractivity contribution in [2.24, 2.45) is 0 Å². The molecule has 0 bridgehead atoms. The van der Waals surface area contributed by atoms with Gasteiger partial charge in [-0.3, -0.25) is 0 Å². The Hall–Kier alpha value is -1.77. The summed E-state index contributed by atoms with van der Waals surface area (Å²) in [5, 5.41) is 2.16. The summed E-state index contributed by atoms with van der Waals surface area (Å²) in [4.78, 5) is 6.04. The van der Waals surface area contributed by atoms with E-state index in [1.165, 1.54) is 27.7 Å². The molecular weight excluding hydrogens is 292 g/mol. The Bertz CT molecular complexity index is 835. The Labute approximate surface area is 135 Å². The number of likely N-dealkylation sites (N-methyl/N-ethyl adjacent to an activating group) is 1. The van der Waals surface area contributed by atoms with E-state index in [0.29, 0.717) is 0 Å². The highest BCUT2D eigenvalue weighted by Crippen LogP contribution is 2.37. The topological polar surface area (TPSA) is 19.0 Å². The molecule has 3 aromatic rings. The predicted octanol–water partition coefficient (Wildman–Crippen LogP) is 4.52. The fourth-order valence-electron chi connectivity index (χ4n) is 3.48. The van der Waals surface area contributed by atoms with Crippen LogP contribution in [0.25, 0.3) is 22.0 Å². The van der Waals surface area contributed by atoms with Crippen LogP contribution in [-0.2, 0) is 12.8 Å². The van der Waals surface area contributed by atoms with Gasteiger partial charge in [-0.25, -0.2) is 0 Å². The molecule has 2 aromatic carbocycles. The quantitative estimate of drug-likeness (QED) is 0.700. The number of nitrogens with one attached hydrogen (secondary N) is 1. The first-order chi connectivity index (χ1) is 10.7. The first-order valence-electron chi connectivity index (χ1n) is 7.80. The van der Waals surface area contributed by atoms with Gasteiger partial charge in [-0.1, -0.05) is 41.9 Å². The molecule has 1 aliphatic heterocycles. The van der Waals surface area contributed by atoms with Crippen molar-refractivity contribution >= 4 is 22.5 Å². The average molecular weight is 311 g/mol. The number of H-pyrrole nitrogens is 1. The van der Waals surface area contributed by atoms with Crippen molar-refractivity contribution in [1.29, 1.82) is 0 Å². The van der Waals surface area contributed by atoms with Crippen molar-refractivity contribution in [2.45, 2.75) is 12.8 Å². The first kappa shape index (κ1) is 13.9. The lowest BCUT2D eigenvalue weighted by atomic mass is 9.97. The molecule has 0 saturated carbocycles. The van der Waals surface area contributed by atoms with Crippen LogP contribution in [0.1, 0.15) is 11.3 Å². The number of aromatic nitrogens is 1. The minimum Gasteiger partial charge on any atom is -0.358 e. The number of benzene rings is 2. The maximum atomic E-state index is 6.45. The highest BCUT2D eigenvalue weighted by Gasteiger charge is 2.19. The lowest BCUT2D eigenvalue weighted by Crippen LogP contribution is -2.21. The maximum absolute atomic E-state index is 6.45. The van der Waals surface area contributed by atoms with Crippen LogP contribution in [0.4, 0.5) is 0 Å². The largest absolute Gasteiger partial charge is 0.358 e. The van der Waals surface area contributed by atoms with Crippen LogP contribution >= 0.6 is 11.6 Å². The van der Waals surface area contributed by atoms with Gasteiger partial charge in [0.1, 0.15) is 0 Å². The van der Waals surface area contributed by atoms with Crippen LogP contribution < -0.4 is 0 Å². The SMILES string of the molecule is CN1CCc2[nH]c3cccc(-c4ccccc4Cl)c3c2CC1. The lowest BCUT2D eigenvalue weighted by Gasteiger charge is -2.12. The van der Waals surface area contributed by atoms with Crippen LogP contribution in [0.5, 0.6) is 0 Å². The second-order valence-corrected chi connectivity index (χ2v) is 6.50. The standard InChI is InChI=1S/C19H19ClN2/c1-22-11-9-15-17(10-12-22)21-18-8-4-6-14(19(15)18)13-5-2-3-7-16(13)20/h2-8,21H,9-12H2,1H3. The van der Waals surface area contributed by atoms with E-state index in [0.717, 1.165) is 36.5 Å². The fourth-order valence-corrected chi connectivity index (χ4v) is 3.72. The highest BCUT2D eigenvalue weighted by molar-refractivity contribution is 6.33. The van der Waals surface area contributed by atoms with Gasteiger partial charge in [0.05, 0.1) is 0 Å². The number of rotatable bonds is 1. The van der Waals surface area contributed by atoms with E-state index in [4.69, 9.17) is 11.6 Å². The summed E-state index contributed by atoms with van der Waals surface area (Å²) in [5.41, 5.74) is 6.44. The van der Waals surface area contributed by atoms with E-state index in [1.54, 1.807) is 0 Å². The molecule has 0 saturated heterocycles. The van der Waals surface area contributed by atoms with E-state index in [9.17, 15) is 0 Å². The zero-order chi connectivity index (χ0) is 15.1. The smallest absolute Gasteiger partial charge is 0.0484 e. The third-order valence-electron chi connectivity index (χ3n) is 4.67. The number of hydrogen-bond donors (Lipinski definition) is 1. The predicted molar refractivity (Wildman–Crippen MR) is 93.6 cm³/mol. The van der Waals surface area contributed by atoms with E-state index < -0.39 is 0 Å². The number of hydrogen-bond acceptors (Lipinski definition) is 1. The average Bonchev–Trinajstić information content (AvgIpc) is 2.79. The van der Waals surface area contributed by atoms with Gasteiger partial charge in [0.15, 0.2) is 0 Å². The minimum atomic E-state index is 0.815. The van der Waals surface area contributed by atoms with Gasteiger partial charge in [0, 0.05) is 46.7 Å². The Morgan fingerprint density at radius 2 is 1.73 bits per heavy atom. The van der Waals surface area contributed by atoms with Crippen LogP contribution in [0, 0.1) is 0 Å². The molecule has 22 heavy (non-hydrogen) atoms. The molecule has 3 heteroatoms. The summed E-state index contributed by atoms with van der Waals surface area (Å²) in [6.45, 7) is 2.22. The monoisotopic (exact) mass is 310 g/mol. The third kappa shape index (κ3) is 2.23. The molecule has 112 valence electrons. The zero-order valence-electron chi connectivity index (χ0n) is 12.7. The summed E-state index contributed by atoms with van der Waals surface area (Å²) in [7, 11) is 2.20. The molecule has 0 unspecified atom stereocenters. The van der Waals surface area contributed by atoms with Crippen LogP contribution in [0.3, 0.4) is 0 Å². The van der Waals surface area contributed by atoms with Gasteiger partial charge in [-0.05, 0) is 36.7 Å². The fraction of sp³-hybridized carbons (Fsp3) is 0.263. The third-order valence-corrected chi connectivity index (χ3v) is 5.00. The molecular formula is C19H19ClN2. The number of aromatic amines is 1. The highest BCUT2D eigenvalue weighted by atomic mass is 35.5. The molecule has 1 aromatic heterocycles. The summed E-state index contributed by atoms with van der Waals surface area (Å²) in [6.07, 6.45) is 2.18. The van der Waals surface area contributed by atoms with Gasteiger partial charge in [0.2, 0.25) is 0 Å². The number of nitrogens with zero attached hydrogens (tertiary/aromatic N) is 1. The van der Waals surface area contributed by atoms with E-state index >= 15 is 0 Å². The van der Waals surface area contributed by atoms with Gasteiger partial charge in [0.25, 0.3) is 0 Å². The Kier molecular flexibility index (Phi) is 3.44. The van der Waals surface area contributed by atoms with E-state index in [1.807, 2.05) is 12.1 Å². The van der Waals surface area contributed by atoms with E-state index in [-0.39, 0.29) is 0 Å². The van der Waals surface area contributed by atoms with Crippen LogP contribution in [0.15, 0.2) is 42.5 Å². The summed E-state index contributed by atoms with van der Waals surface area (Å²) in [6, 6.07) is 14.6. The number of fused-ring (bicyclic) bond motifs is 3. The molecule has 4 rings (SSSR count). The van der Waals surface area contributed by atoms with Crippen molar-refractivity contribution < 1.29 is 0 Å². The summed E-state index contributed by atoms with van der Waals surface area (Å²) in [5.74, 6) is 0. The molecule has 0 spiro atoms. The maximum Gasteiger partial charge on any atom is 0.0484 e. The van der Waals surface area contributed by atoms with Gasteiger partial charge >= 0.3 is 0 Å². The van der Waals surface area contributed by atoms with Crippen LogP contribution in [-0.4, -0.2) is 30.0 Å². The van der Waals surface area contributed by atoms with E-state index in [2.05, 4.69) is 47.3 Å². The van der Waals surface area contributed by atoms with Crippen molar-refractivity contribution in [3.8, 4) is 11.1 Å². The Morgan fingerprint density at radius 1 is 0.955 bits per heavy atom. The van der Waals surface area contributed by atoms with Crippen molar-refractivity contribution in [3.05, 3.63) is 58.7 Å². The zero-order valence-corrected chi connectivity index (χ0v) is 13.5. The van der Waals surface area contributed by atoms with Gasteiger partial charge in [-0.15, -0.1) is 0 Å². The van der Waals surface area contributed by atoms with Crippen molar-refractivity contribution in [1.82, 2.24) is 9.88 Å². The summed E-state index contributed by atoms with van der Waals surface area (Å²) >= 11 is 6.45. The molecule has 2 nitrogen and oxygen atoms in total. The van der Waals surface area contributed by atoms with Crippen molar-refractivity contribution in [2.75, 3.05) is 20.1 Å². The molecule has 1 N–H and O–H groups in total. The molecule has 1 aliphatic rings. The lowest BCUT2D eigenvalue weighted by molar-refractivity contribution is 0.352. The second kappa shape index (κ2) is 5.45.